The van der Waals surface area contributed by atoms with Crippen LogP contribution < -0.4 is 10.1 Å². The number of rotatable bonds is 5. The molecule has 0 fully saturated rings. The number of halogens is 1. The number of methoxy groups -OCH3 is 1. The van der Waals surface area contributed by atoms with Crippen molar-refractivity contribution in [2.45, 2.75) is 11.4 Å². The molecule has 0 spiro atoms. The zero-order chi connectivity index (χ0) is 13.7. The molecule has 19 heavy (non-hydrogen) atoms. The number of ether oxygens (including phenoxy) is 1. The Morgan fingerprint density at radius 3 is 2.53 bits per heavy atom. The lowest BCUT2D eigenvalue weighted by molar-refractivity contribution is 0.413. The van der Waals surface area contributed by atoms with Gasteiger partial charge in [0.25, 0.3) is 0 Å². The molecule has 0 atom stereocenters. The summed E-state index contributed by atoms with van der Waals surface area (Å²) in [6.45, 7) is 0.756. The standard InChI is InChI=1S/C15H16ClNOS/c1-18-14-7-11(8-15(9-14)19-2)10-17-13-5-3-12(16)4-6-13/h3-9,17H,10H2,1-2H3. The molecule has 1 N–H and O–H groups in total. The normalized spacial score (nSPS) is 10.3. The number of hydrogen-bond donors (Lipinski definition) is 1. The van der Waals surface area contributed by atoms with E-state index < -0.39 is 0 Å². The molecule has 2 aromatic rings. The van der Waals surface area contributed by atoms with Crippen LogP contribution in [0.5, 0.6) is 5.75 Å². The predicted molar refractivity (Wildman–Crippen MR) is 83.6 cm³/mol. The molecule has 0 bridgehead atoms. The molecule has 0 radical (unpaired) electrons. The van der Waals surface area contributed by atoms with Gasteiger partial charge in [0, 0.05) is 22.2 Å². The molecule has 0 aliphatic carbocycles. The van der Waals surface area contributed by atoms with Crippen LogP contribution in [0.1, 0.15) is 5.56 Å². The highest BCUT2D eigenvalue weighted by Gasteiger charge is 2.01. The fourth-order valence-electron chi connectivity index (χ4n) is 1.74. The Labute approximate surface area is 123 Å². The zero-order valence-corrected chi connectivity index (χ0v) is 12.5. The molecule has 0 saturated heterocycles. The van der Waals surface area contributed by atoms with Crippen molar-refractivity contribution in [3.63, 3.8) is 0 Å². The summed E-state index contributed by atoms with van der Waals surface area (Å²) < 4.78 is 5.31. The molecule has 100 valence electrons. The third kappa shape index (κ3) is 4.08. The Bertz CT molecular complexity index is 520. The Kier molecular flexibility index (Phi) is 5.00. The summed E-state index contributed by atoms with van der Waals surface area (Å²) in [7, 11) is 1.69. The van der Waals surface area contributed by atoms with E-state index in [9.17, 15) is 0 Å². The van der Waals surface area contributed by atoms with Crippen molar-refractivity contribution >= 4 is 29.1 Å². The molecule has 2 nitrogen and oxygen atoms in total. The highest BCUT2D eigenvalue weighted by atomic mass is 35.5. The van der Waals surface area contributed by atoms with Crippen molar-refractivity contribution in [2.75, 3.05) is 18.7 Å². The van der Waals surface area contributed by atoms with E-state index in [1.807, 2.05) is 36.4 Å². The first kappa shape index (κ1) is 14.1. The van der Waals surface area contributed by atoms with Gasteiger partial charge in [-0.05, 0) is 54.3 Å². The second-order valence-corrected chi connectivity index (χ2v) is 5.40. The van der Waals surface area contributed by atoms with E-state index in [4.69, 9.17) is 16.3 Å². The van der Waals surface area contributed by atoms with Gasteiger partial charge in [-0.3, -0.25) is 0 Å². The third-order valence-electron chi connectivity index (χ3n) is 2.75. The van der Waals surface area contributed by atoms with Crippen molar-refractivity contribution < 1.29 is 4.74 Å². The number of anilines is 1. The zero-order valence-electron chi connectivity index (χ0n) is 10.9. The lowest BCUT2D eigenvalue weighted by atomic mass is 10.2. The van der Waals surface area contributed by atoms with Gasteiger partial charge in [0.15, 0.2) is 0 Å². The fraction of sp³-hybridized carbons (Fsp3) is 0.200. The molecule has 4 heteroatoms. The average Bonchev–Trinajstić information content (AvgIpc) is 2.46. The van der Waals surface area contributed by atoms with E-state index in [1.165, 1.54) is 10.5 Å². The molecule has 2 rings (SSSR count). The van der Waals surface area contributed by atoms with Gasteiger partial charge < -0.3 is 10.1 Å². The first-order valence-corrected chi connectivity index (χ1v) is 7.53. The topological polar surface area (TPSA) is 21.3 Å². The SMILES string of the molecule is COc1cc(CNc2ccc(Cl)cc2)cc(SC)c1. The minimum absolute atomic E-state index is 0.747. The van der Waals surface area contributed by atoms with Crippen LogP contribution in [0.25, 0.3) is 0 Å². The summed E-state index contributed by atoms with van der Waals surface area (Å²) in [6.07, 6.45) is 2.06. The van der Waals surface area contributed by atoms with Gasteiger partial charge >= 0.3 is 0 Å². The summed E-state index contributed by atoms with van der Waals surface area (Å²) >= 11 is 7.57. The maximum atomic E-state index is 5.86. The molecule has 0 aliphatic rings. The first-order valence-electron chi connectivity index (χ1n) is 5.92. The van der Waals surface area contributed by atoms with Crippen molar-refractivity contribution in [2.24, 2.45) is 0 Å². The van der Waals surface area contributed by atoms with Crippen molar-refractivity contribution in [1.82, 2.24) is 0 Å². The van der Waals surface area contributed by atoms with Gasteiger partial charge in [-0.2, -0.15) is 0 Å². The van der Waals surface area contributed by atoms with Gasteiger partial charge in [0.1, 0.15) is 5.75 Å². The number of nitrogens with one attached hydrogen (secondary N) is 1. The molecule has 0 amide bonds. The monoisotopic (exact) mass is 293 g/mol. The van der Waals surface area contributed by atoms with Crippen LogP contribution in [0.4, 0.5) is 5.69 Å². The summed E-state index contributed by atoms with van der Waals surface area (Å²) in [5.74, 6) is 0.889. The number of hydrogen-bond acceptors (Lipinski definition) is 3. The van der Waals surface area contributed by atoms with E-state index in [-0.39, 0.29) is 0 Å². The lowest BCUT2D eigenvalue weighted by Crippen LogP contribution is -2.00. The van der Waals surface area contributed by atoms with E-state index >= 15 is 0 Å². The average molecular weight is 294 g/mol. The Hall–Kier alpha value is -1.32. The maximum absolute atomic E-state index is 5.86. The number of thioether (sulfide) groups is 1. The second-order valence-electron chi connectivity index (χ2n) is 4.08. The molecule has 2 aromatic carbocycles. The van der Waals surface area contributed by atoms with Crippen LogP contribution in [0.15, 0.2) is 47.4 Å². The minimum atomic E-state index is 0.747. The molecule has 0 aromatic heterocycles. The summed E-state index contributed by atoms with van der Waals surface area (Å²) in [6, 6.07) is 13.9. The molecular weight excluding hydrogens is 278 g/mol. The van der Waals surface area contributed by atoms with Crippen LogP contribution in [0.3, 0.4) is 0 Å². The summed E-state index contributed by atoms with van der Waals surface area (Å²) in [4.78, 5) is 1.20. The van der Waals surface area contributed by atoms with E-state index in [1.54, 1.807) is 18.9 Å². The third-order valence-corrected chi connectivity index (χ3v) is 3.71. The van der Waals surface area contributed by atoms with Crippen molar-refractivity contribution in [1.29, 1.82) is 0 Å². The van der Waals surface area contributed by atoms with Crippen LogP contribution in [0, 0.1) is 0 Å². The van der Waals surface area contributed by atoms with Crippen molar-refractivity contribution in [3.8, 4) is 5.75 Å². The molecular formula is C15H16ClNOS. The Morgan fingerprint density at radius 2 is 1.89 bits per heavy atom. The van der Waals surface area contributed by atoms with Gasteiger partial charge in [-0.25, -0.2) is 0 Å². The van der Waals surface area contributed by atoms with E-state index in [2.05, 4.69) is 17.6 Å². The molecule has 0 unspecified atom stereocenters. The van der Waals surface area contributed by atoms with Gasteiger partial charge in [-0.1, -0.05) is 11.6 Å². The van der Waals surface area contributed by atoms with Crippen LogP contribution in [0.2, 0.25) is 5.02 Å². The Morgan fingerprint density at radius 1 is 1.16 bits per heavy atom. The lowest BCUT2D eigenvalue weighted by Gasteiger charge is -2.10. The first-order chi connectivity index (χ1) is 9.21. The largest absolute Gasteiger partial charge is 0.497 e. The molecule has 0 saturated carbocycles. The van der Waals surface area contributed by atoms with Gasteiger partial charge in [0.05, 0.1) is 7.11 Å². The highest BCUT2D eigenvalue weighted by Crippen LogP contribution is 2.24. The minimum Gasteiger partial charge on any atom is -0.497 e. The van der Waals surface area contributed by atoms with Crippen LogP contribution in [-0.4, -0.2) is 13.4 Å². The highest BCUT2D eigenvalue weighted by molar-refractivity contribution is 7.98. The van der Waals surface area contributed by atoms with E-state index in [0.717, 1.165) is 23.0 Å². The van der Waals surface area contributed by atoms with Gasteiger partial charge in [0.2, 0.25) is 0 Å². The maximum Gasteiger partial charge on any atom is 0.120 e. The van der Waals surface area contributed by atoms with Crippen LogP contribution >= 0.6 is 23.4 Å². The van der Waals surface area contributed by atoms with Crippen LogP contribution in [-0.2, 0) is 6.54 Å². The fourth-order valence-corrected chi connectivity index (χ4v) is 2.37. The summed E-state index contributed by atoms with van der Waals surface area (Å²) in [5.41, 5.74) is 2.25. The van der Waals surface area contributed by atoms with E-state index in [0.29, 0.717) is 0 Å². The molecule has 0 aliphatic heterocycles. The Balaban J connectivity index is 2.08. The smallest absolute Gasteiger partial charge is 0.120 e. The van der Waals surface area contributed by atoms with Gasteiger partial charge in [-0.15, -0.1) is 11.8 Å². The van der Waals surface area contributed by atoms with Crippen molar-refractivity contribution in [3.05, 3.63) is 53.1 Å². The number of benzene rings is 2. The molecule has 0 heterocycles. The predicted octanol–water partition coefficient (Wildman–Crippen LogP) is 4.68. The quantitative estimate of drug-likeness (QED) is 0.809. The second kappa shape index (κ2) is 6.73. The summed E-state index contributed by atoms with van der Waals surface area (Å²) in [5, 5.41) is 4.11.